The Morgan fingerprint density at radius 1 is 1.19 bits per heavy atom. The number of hydrogen-bond donors (Lipinski definition) is 2. The van der Waals surface area contributed by atoms with Crippen LogP contribution in [-0.2, 0) is 14.8 Å². The molecule has 1 amide bonds. The van der Waals surface area contributed by atoms with Crippen molar-refractivity contribution in [2.75, 3.05) is 42.7 Å². The van der Waals surface area contributed by atoms with Gasteiger partial charge in [0.25, 0.3) is 0 Å². The van der Waals surface area contributed by atoms with Gasteiger partial charge >= 0.3 is 0 Å². The fourth-order valence-corrected chi connectivity index (χ4v) is 5.62. The molecule has 3 aromatic rings. The number of anilines is 3. The monoisotopic (exact) mass is 529 g/mol. The van der Waals surface area contributed by atoms with Crippen LogP contribution in [0.2, 0.25) is 0 Å². The minimum Gasteiger partial charge on any atom is -0.344 e. The minimum atomic E-state index is -3.29. The van der Waals surface area contributed by atoms with E-state index >= 15 is 0 Å². The van der Waals surface area contributed by atoms with E-state index < -0.39 is 10.0 Å². The Morgan fingerprint density at radius 2 is 1.97 bits per heavy atom. The van der Waals surface area contributed by atoms with Crippen molar-refractivity contribution in [3.05, 3.63) is 48.3 Å². The van der Waals surface area contributed by atoms with Crippen LogP contribution in [-0.4, -0.2) is 72.7 Å². The number of carbonyl (C=O) groups excluding carboxylic acids is 1. The van der Waals surface area contributed by atoms with Gasteiger partial charge in [-0.15, -0.1) is 0 Å². The highest BCUT2D eigenvalue weighted by Gasteiger charge is 2.27. The Hall–Kier alpha value is -3.09. The first-order chi connectivity index (χ1) is 17.2. The van der Waals surface area contributed by atoms with Gasteiger partial charge in [-0.05, 0) is 49.6 Å². The molecule has 0 bridgehead atoms. The zero-order valence-corrected chi connectivity index (χ0v) is 22.3. The van der Waals surface area contributed by atoms with Crippen molar-refractivity contribution in [3.63, 3.8) is 0 Å². The van der Waals surface area contributed by atoms with Crippen molar-refractivity contribution in [3.8, 4) is 10.6 Å². The van der Waals surface area contributed by atoms with Crippen LogP contribution in [0, 0.1) is 6.92 Å². The lowest BCUT2D eigenvalue weighted by atomic mass is 10.0. The highest BCUT2D eigenvalue weighted by atomic mass is 32.2. The predicted molar refractivity (Wildman–Crippen MR) is 143 cm³/mol. The molecule has 1 fully saturated rings. The quantitative estimate of drug-likeness (QED) is 0.434. The Kier molecular flexibility index (Phi) is 8.17. The van der Waals surface area contributed by atoms with E-state index in [4.69, 9.17) is 4.98 Å². The predicted octanol–water partition coefficient (Wildman–Crippen LogP) is 3.02. The first-order valence-corrected chi connectivity index (χ1v) is 14.5. The summed E-state index contributed by atoms with van der Waals surface area (Å²) in [7, 11) is -3.29. The smallest absolute Gasteiger partial charge is 0.219 e. The second-order valence-electron chi connectivity index (χ2n) is 8.86. The molecule has 1 aliphatic rings. The van der Waals surface area contributed by atoms with Crippen LogP contribution in [0.5, 0.6) is 0 Å². The summed E-state index contributed by atoms with van der Waals surface area (Å²) in [6.45, 7) is 5.72. The van der Waals surface area contributed by atoms with E-state index in [-0.39, 0.29) is 18.5 Å². The maximum Gasteiger partial charge on any atom is 0.219 e. The number of thiazole rings is 1. The van der Waals surface area contributed by atoms with Crippen LogP contribution in [0.1, 0.15) is 25.3 Å². The second-order valence-corrected chi connectivity index (χ2v) is 11.7. The van der Waals surface area contributed by atoms with Crippen molar-refractivity contribution >= 4 is 44.0 Å². The zero-order chi connectivity index (χ0) is 25.7. The summed E-state index contributed by atoms with van der Waals surface area (Å²) < 4.78 is 25.8. The van der Waals surface area contributed by atoms with Crippen LogP contribution >= 0.6 is 11.3 Å². The Labute approximate surface area is 215 Å². The van der Waals surface area contributed by atoms with Crippen molar-refractivity contribution < 1.29 is 13.2 Å². The molecule has 10 nitrogen and oxygen atoms in total. The normalized spacial score (nSPS) is 14.6. The summed E-state index contributed by atoms with van der Waals surface area (Å²) in [5, 5.41) is 4.05. The molecule has 1 saturated heterocycles. The Bertz CT molecular complexity index is 1300. The number of rotatable bonds is 9. The number of piperidine rings is 1. The molecular formula is C24H31N7O3S2. The van der Waals surface area contributed by atoms with Crippen molar-refractivity contribution in [2.24, 2.45) is 0 Å². The van der Waals surface area contributed by atoms with Crippen molar-refractivity contribution in [2.45, 2.75) is 32.7 Å². The summed E-state index contributed by atoms with van der Waals surface area (Å²) in [6.07, 6.45) is 6.32. The number of carbonyl (C=O) groups is 1. The van der Waals surface area contributed by atoms with Gasteiger partial charge in [-0.1, -0.05) is 17.4 Å². The number of amides is 1. The molecule has 3 aromatic heterocycles. The number of nitrogens with one attached hydrogen (secondary N) is 2. The summed E-state index contributed by atoms with van der Waals surface area (Å²) in [5.74, 6) is 1.49. The molecule has 0 unspecified atom stereocenters. The highest BCUT2D eigenvalue weighted by Crippen LogP contribution is 2.33. The largest absolute Gasteiger partial charge is 0.344 e. The molecule has 0 spiro atoms. The highest BCUT2D eigenvalue weighted by molar-refractivity contribution is 7.88. The number of hydrogen-bond acceptors (Lipinski definition) is 9. The maximum absolute atomic E-state index is 11.8. The average molecular weight is 530 g/mol. The Balaban J connectivity index is 1.52. The molecule has 12 heteroatoms. The van der Waals surface area contributed by atoms with Crippen molar-refractivity contribution in [1.82, 2.24) is 24.6 Å². The molecule has 0 saturated carbocycles. The van der Waals surface area contributed by atoms with Crippen LogP contribution in [0.25, 0.3) is 10.6 Å². The van der Waals surface area contributed by atoms with E-state index in [1.54, 1.807) is 19.3 Å². The molecule has 36 heavy (non-hydrogen) atoms. The fourth-order valence-electron chi connectivity index (χ4n) is 4.17. The van der Waals surface area contributed by atoms with Gasteiger partial charge < -0.3 is 15.1 Å². The van der Waals surface area contributed by atoms with E-state index in [2.05, 4.69) is 24.9 Å². The molecular weight excluding hydrogens is 498 g/mol. The number of aromatic nitrogens is 3. The van der Waals surface area contributed by atoms with Gasteiger partial charge in [0, 0.05) is 51.5 Å². The number of likely N-dealkylation sites (tertiary alicyclic amines) is 1. The lowest BCUT2D eigenvalue weighted by Crippen LogP contribution is -2.48. The topological polar surface area (TPSA) is 120 Å². The van der Waals surface area contributed by atoms with Crippen LogP contribution in [0.15, 0.2) is 42.7 Å². The lowest BCUT2D eigenvalue weighted by Gasteiger charge is -2.38. The molecule has 4 heterocycles. The molecule has 2 N–H and O–H groups in total. The fraction of sp³-hybridized carbons (Fsp3) is 0.417. The third-order valence-corrected chi connectivity index (χ3v) is 7.77. The van der Waals surface area contributed by atoms with E-state index in [9.17, 15) is 13.2 Å². The molecule has 0 aromatic carbocycles. The number of nitrogens with zero attached hydrogens (tertiary/aromatic N) is 5. The van der Waals surface area contributed by atoms with E-state index in [1.165, 1.54) is 11.3 Å². The minimum absolute atomic E-state index is 0.0794. The lowest BCUT2D eigenvalue weighted by molar-refractivity contribution is -0.129. The van der Waals surface area contributed by atoms with E-state index in [0.29, 0.717) is 25.5 Å². The first kappa shape index (κ1) is 26.0. The summed E-state index contributed by atoms with van der Waals surface area (Å²) >= 11 is 1.52. The number of aryl methyl sites for hydroxylation is 1. The van der Waals surface area contributed by atoms with E-state index in [0.717, 1.165) is 46.2 Å². The van der Waals surface area contributed by atoms with E-state index in [1.807, 2.05) is 42.2 Å². The van der Waals surface area contributed by atoms with Gasteiger partial charge in [0.1, 0.15) is 11.6 Å². The van der Waals surface area contributed by atoms with Gasteiger partial charge in [-0.25, -0.2) is 28.1 Å². The molecule has 0 atom stereocenters. The summed E-state index contributed by atoms with van der Waals surface area (Å²) in [4.78, 5) is 30.4. The standard InChI is InChI=1S/C24H31N7O3S2/c1-17-7-10-25-23(15-17)29-22-6-4-5-20(28-22)21-16-26-24(35-21)31(14-11-27-36(3,33)34)19-8-12-30(13-9-19)18(2)32/h4-7,10,15-16,19,27H,8-9,11-14H2,1-3H3,(H,25,28,29). The van der Waals surface area contributed by atoms with Crippen LogP contribution in [0.3, 0.4) is 0 Å². The van der Waals surface area contributed by atoms with Gasteiger partial charge in [-0.3, -0.25) is 4.79 Å². The third-order valence-electron chi connectivity index (χ3n) is 5.98. The SMILES string of the molecule is CC(=O)N1CCC(N(CCNS(C)(=O)=O)c2ncc(-c3cccc(Nc4cc(C)ccn4)n3)s2)CC1. The zero-order valence-electron chi connectivity index (χ0n) is 20.6. The van der Waals surface area contributed by atoms with Crippen LogP contribution in [0.4, 0.5) is 16.8 Å². The average Bonchev–Trinajstić information content (AvgIpc) is 3.31. The van der Waals surface area contributed by atoms with Crippen LogP contribution < -0.4 is 14.9 Å². The number of sulfonamides is 1. The molecule has 0 aliphatic carbocycles. The summed E-state index contributed by atoms with van der Waals surface area (Å²) in [6, 6.07) is 9.82. The molecule has 1 aliphatic heterocycles. The molecule has 0 radical (unpaired) electrons. The molecule has 192 valence electrons. The van der Waals surface area contributed by atoms with Crippen molar-refractivity contribution in [1.29, 1.82) is 0 Å². The van der Waals surface area contributed by atoms with Gasteiger partial charge in [-0.2, -0.15) is 0 Å². The second kappa shape index (κ2) is 11.3. The third kappa shape index (κ3) is 6.99. The summed E-state index contributed by atoms with van der Waals surface area (Å²) in [5.41, 5.74) is 1.90. The van der Waals surface area contributed by atoms with Gasteiger partial charge in [0.05, 0.1) is 16.8 Å². The first-order valence-electron chi connectivity index (χ1n) is 11.8. The van der Waals surface area contributed by atoms with Gasteiger partial charge in [0.15, 0.2) is 5.13 Å². The molecule has 4 rings (SSSR count). The van der Waals surface area contributed by atoms with Gasteiger partial charge in [0.2, 0.25) is 15.9 Å². The Morgan fingerprint density at radius 3 is 2.67 bits per heavy atom. The maximum atomic E-state index is 11.8. The number of pyridine rings is 2.